The minimum atomic E-state index is -0.974. The lowest BCUT2D eigenvalue weighted by Crippen LogP contribution is -2.27. The first-order valence-electron chi connectivity index (χ1n) is 8.18. The molecule has 7 heteroatoms. The monoisotopic (exact) mass is 330 g/mol. The van der Waals surface area contributed by atoms with E-state index in [9.17, 15) is 9.90 Å². The normalized spacial score (nSPS) is 17.8. The Balaban J connectivity index is 1.85. The molecule has 0 spiro atoms. The van der Waals surface area contributed by atoms with Gasteiger partial charge in [0.25, 0.3) is 0 Å². The van der Waals surface area contributed by atoms with Crippen molar-refractivity contribution in [2.24, 2.45) is 0 Å². The van der Waals surface area contributed by atoms with Crippen LogP contribution in [0, 0.1) is 0 Å². The number of hydrogen-bond acceptors (Lipinski definition) is 6. The number of fused-ring (bicyclic) bond motifs is 1. The van der Waals surface area contributed by atoms with Gasteiger partial charge in [0.05, 0.1) is 17.2 Å². The number of aromatic nitrogens is 2. The van der Waals surface area contributed by atoms with E-state index in [1.807, 2.05) is 11.9 Å². The standard InChI is InChI=1S/C17H22N4O3/c1-21(8-7-12-4-2-3-9-24-12)15-13-10-11(16(22)23)5-6-14(13)19-17(18)20-15/h5-6,10,12H,2-4,7-9H2,1H3,(H,22,23)(H2,18,19,20)/t12-/m1/s1. The van der Waals surface area contributed by atoms with Gasteiger partial charge in [-0.25, -0.2) is 9.78 Å². The second-order valence-corrected chi connectivity index (χ2v) is 6.14. The number of nitrogens with two attached hydrogens (primary N) is 1. The Morgan fingerprint density at radius 1 is 1.42 bits per heavy atom. The molecule has 2 heterocycles. The molecule has 1 saturated heterocycles. The molecule has 0 amide bonds. The van der Waals surface area contributed by atoms with Crippen LogP contribution in [-0.2, 0) is 4.74 Å². The van der Waals surface area contributed by atoms with Gasteiger partial charge in [-0.05, 0) is 43.9 Å². The second kappa shape index (κ2) is 7.00. The van der Waals surface area contributed by atoms with Crippen molar-refractivity contribution >= 4 is 28.6 Å². The fourth-order valence-corrected chi connectivity index (χ4v) is 3.03. The zero-order valence-electron chi connectivity index (χ0n) is 13.7. The number of rotatable bonds is 5. The Bertz CT molecular complexity index is 744. The Kier molecular flexibility index (Phi) is 4.80. The number of benzene rings is 1. The molecule has 0 bridgehead atoms. The van der Waals surface area contributed by atoms with Crippen molar-refractivity contribution in [2.75, 3.05) is 30.8 Å². The van der Waals surface area contributed by atoms with Crippen LogP contribution in [-0.4, -0.2) is 47.3 Å². The summed E-state index contributed by atoms with van der Waals surface area (Å²) in [6.45, 7) is 1.59. The Morgan fingerprint density at radius 3 is 2.96 bits per heavy atom. The summed E-state index contributed by atoms with van der Waals surface area (Å²) in [5.41, 5.74) is 6.66. The minimum Gasteiger partial charge on any atom is -0.478 e. The van der Waals surface area contributed by atoms with E-state index < -0.39 is 5.97 Å². The van der Waals surface area contributed by atoms with Gasteiger partial charge in [0, 0.05) is 25.6 Å². The van der Waals surface area contributed by atoms with E-state index in [0.717, 1.165) is 32.4 Å². The number of anilines is 2. The van der Waals surface area contributed by atoms with Gasteiger partial charge >= 0.3 is 5.97 Å². The third-order valence-electron chi connectivity index (χ3n) is 4.36. The highest BCUT2D eigenvalue weighted by Crippen LogP contribution is 2.26. The van der Waals surface area contributed by atoms with Crippen molar-refractivity contribution in [1.82, 2.24) is 9.97 Å². The van der Waals surface area contributed by atoms with Crippen LogP contribution in [0.3, 0.4) is 0 Å². The molecule has 0 unspecified atom stereocenters. The fourth-order valence-electron chi connectivity index (χ4n) is 3.03. The third kappa shape index (κ3) is 3.56. The molecule has 1 aromatic carbocycles. The smallest absolute Gasteiger partial charge is 0.335 e. The minimum absolute atomic E-state index is 0.182. The summed E-state index contributed by atoms with van der Waals surface area (Å²) in [4.78, 5) is 21.7. The molecule has 1 aliphatic rings. The first-order valence-corrected chi connectivity index (χ1v) is 8.18. The molecule has 0 radical (unpaired) electrons. The number of nitrogens with zero attached hydrogens (tertiary/aromatic N) is 3. The van der Waals surface area contributed by atoms with Crippen LogP contribution in [0.2, 0.25) is 0 Å². The first-order chi connectivity index (χ1) is 11.5. The zero-order valence-corrected chi connectivity index (χ0v) is 13.7. The van der Waals surface area contributed by atoms with Gasteiger partial charge in [-0.1, -0.05) is 0 Å². The topological polar surface area (TPSA) is 102 Å². The van der Waals surface area contributed by atoms with Gasteiger partial charge in [0.2, 0.25) is 5.95 Å². The van der Waals surface area contributed by atoms with Crippen molar-refractivity contribution in [3.05, 3.63) is 23.8 Å². The average molecular weight is 330 g/mol. The van der Waals surface area contributed by atoms with Crippen LogP contribution in [0.5, 0.6) is 0 Å². The van der Waals surface area contributed by atoms with E-state index in [1.54, 1.807) is 12.1 Å². The summed E-state index contributed by atoms with van der Waals surface area (Å²) in [6, 6.07) is 4.79. The van der Waals surface area contributed by atoms with Crippen molar-refractivity contribution < 1.29 is 14.6 Å². The van der Waals surface area contributed by atoms with E-state index in [4.69, 9.17) is 10.5 Å². The maximum absolute atomic E-state index is 11.2. The molecule has 24 heavy (non-hydrogen) atoms. The number of hydrogen-bond donors (Lipinski definition) is 2. The maximum atomic E-state index is 11.2. The number of carbonyl (C=O) groups is 1. The van der Waals surface area contributed by atoms with Gasteiger partial charge in [-0.3, -0.25) is 0 Å². The number of carboxylic acids is 1. The molecule has 0 aliphatic carbocycles. The number of nitrogen functional groups attached to an aromatic ring is 1. The van der Waals surface area contributed by atoms with Crippen molar-refractivity contribution in [2.45, 2.75) is 31.8 Å². The first kappa shape index (κ1) is 16.4. The number of aromatic carboxylic acids is 1. The van der Waals surface area contributed by atoms with Crippen molar-refractivity contribution in [3.63, 3.8) is 0 Å². The van der Waals surface area contributed by atoms with Gasteiger partial charge in [0.1, 0.15) is 5.82 Å². The number of ether oxygens (including phenoxy) is 1. The highest BCUT2D eigenvalue weighted by atomic mass is 16.5. The second-order valence-electron chi connectivity index (χ2n) is 6.14. The summed E-state index contributed by atoms with van der Waals surface area (Å²) >= 11 is 0. The lowest BCUT2D eigenvalue weighted by molar-refractivity contribution is 0.0127. The predicted molar refractivity (Wildman–Crippen MR) is 92.4 cm³/mol. The summed E-state index contributed by atoms with van der Waals surface area (Å²) in [6.07, 6.45) is 4.61. The maximum Gasteiger partial charge on any atom is 0.335 e. The van der Waals surface area contributed by atoms with Gasteiger partial charge in [-0.15, -0.1) is 0 Å². The van der Waals surface area contributed by atoms with Crippen LogP contribution < -0.4 is 10.6 Å². The molecule has 1 aromatic heterocycles. The van der Waals surface area contributed by atoms with E-state index >= 15 is 0 Å². The molecule has 7 nitrogen and oxygen atoms in total. The zero-order chi connectivity index (χ0) is 17.1. The SMILES string of the molecule is CN(CC[C@H]1CCCCO1)c1nc(N)nc2ccc(C(=O)O)cc12. The molecule has 2 aromatic rings. The van der Waals surface area contributed by atoms with Crippen LogP contribution in [0.25, 0.3) is 10.9 Å². The van der Waals surface area contributed by atoms with Crippen molar-refractivity contribution in [1.29, 1.82) is 0 Å². The van der Waals surface area contributed by atoms with Crippen LogP contribution >= 0.6 is 0 Å². The van der Waals surface area contributed by atoms with E-state index in [-0.39, 0.29) is 17.6 Å². The lowest BCUT2D eigenvalue weighted by Gasteiger charge is -2.26. The summed E-state index contributed by atoms with van der Waals surface area (Å²) in [7, 11) is 1.93. The molecule has 3 N–H and O–H groups in total. The molecule has 128 valence electrons. The van der Waals surface area contributed by atoms with E-state index in [2.05, 4.69) is 9.97 Å². The molecular formula is C17H22N4O3. The van der Waals surface area contributed by atoms with Crippen LogP contribution in [0.1, 0.15) is 36.0 Å². The van der Waals surface area contributed by atoms with Gasteiger partial charge in [-0.2, -0.15) is 4.98 Å². The lowest BCUT2D eigenvalue weighted by atomic mass is 10.1. The summed E-state index contributed by atoms with van der Waals surface area (Å²) in [5, 5.41) is 9.90. The molecule has 1 fully saturated rings. The van der Waals surface area contributed by atoms with Gasteiger partial charge in [0.15, 0.2) is 0 Å². The molecule has 1 atom stereocenters. The van der Waals surface area contributed by atoms with Gasteiger partial charge < -0.3 is 20.5 Å². The largest absolute Gasteiger partial charge is 0.478 e. The highest BCUT2D eigenvalue weighted by molar-refractivity contribution is 5.97. The molecule has 3 rings (SSSR count). The predicted octanol–water partition coefficient (Wildman–Crippen LogP) is 2.31. The van der Waals surface area contributed by atoms with E-state index in [0.29, 0.717) is 16.7 Å². The molecule has 0 saturated carbocycles. The average Bonchev–Trinajstić information content (AvgIpc) is 2.59. The van der Waals surface area contributed by atoms with Crippen molar-refractivity contribution in [3.8, 4) is 0 Å². The quantitative estimate of drug-likeness (QED) is 0.867. The number of carboxylic acid groups (broad SMARTS) is 1. The van der Waals surface area contributed by atoms with E-state index in [1.165, 1.54) is 12.5 Å². The fraction of sp³-hybridized carbons (Fsp3) is 0.471. The van der Waals surface area contributed by atoms with Crippen LogP contribution in [0.4, 0.5) is 11.8 Å². The molecule has 1 aliphatic heterocycles. The molecular weight excluding hydrogens is 308 g/mol. The van der Waals surface area contributed by atoms with Crippen LogP contribution in [0.15, 0.2) is 18.2 Å². The third-order valence-corrected chi connectivity index (χ3v) is 4.36. The summed E-state index contributed by atoms with van der Waals surface area (Å²) < 4.78 is 5.76. The Hall–Kier alpha value is -2.41. The Morgan fingerprint density at radius 2 is 2.25 bits per heavy atom. The summed E-state index contributed by atoms with van der Waals surface area (Å²) in [5.74, 6) is -0.143. The highest BCUT2D eigenvalue weighted by Gasteiger charge is 2.17. The Labute approximate surface area is 140 Å².